The van der Waals surface area contributed by atoms with Gasteiger partial charge in [0.05, 0.1) is 0 Å². The van der Waals surface area contributed by atoms with Gasteiger partial charge in [0.25, 0.3) is 0 Å². The standard InChI is InChI=1S/C4H3F8N/c5-2(6,4(10,11)12)1(13)3(7,8)9/h1H,13H2/t1-/m0/s1. The van der Waals surface area contributed by atoms with Crippen LogP contribution >= 0.6 is 0 Å². The topological polar surface area (TPSA) is 26.0 Å². The van der Waals surface area contributed by atoms with Crippen molar-refractivity contribution in [2.75, 3.05) is 0 Å². The Morgan fingerprint density at radius 2 is 1.08 bits per heavy atom. The molecule has 0 aromatic rings. The molecule has 0 radical (unpaired) electrons. The monoisotopic (exact) mass is 217 g/mol. The van der Waals surface area contributed by atoms with E-state index in [4.69, 9.17) is 0 Å². The highest BCUT2D eigenvalue weighted by molar-refractivity contribution is 4.91. The van der Waals surface area contributed by atoms with Gasteiger partial charge in [0.2, 0.25) is 0 Å². The largest absolute Gasteiger partial charge is 0.455 e. The van der Waals surface area contributed by atoms with Gasteiger partial charge in [0, 0.05) is 0 Å². The molecule has 0 aliphatic rings. The highest BCUT2D eigenvalue weighted by Crippen LogP contribution is 2.42. The summed E-state index contributed by atoms with van der Waals surface area (Å²) >= 11 is 0. The van der Waals surface area contributed by atoms with Gasteiger partial charge in [-0.25, -0.2) is 0 Å². The molecule has 0 aliphatic carbocycles. The van der Waals surface area contributed by atoms with E-state index in [9.17, 15) is 35.1 Å². The predicted molar refractivity (Wildman–Crippen MR) is 25.0 cm³/mol. The van der Waals surface area contributed by atoms with E-state index >= 15 is 0 Å². The molecule has 0 saturated heterocycles. The summed E-state index contributed by atoms with van der Waals surface area (Å²) < 4.78 is 91.7. The summed E-state index contributed by atoms with van der Waals surface area (Å²) in [6, 6.07) is -4.24. The first-order valence-corrected chi connectivity index (χ1v) is 2.67. The summed E-state index contributed by atoms with van der Waals surface area (Å²) in [4.78, 5) is 0. The minimum Gasteiger partial charge on any atom is -0.315 e. The maximum Gasteiger partial charge on any atom is 0.455 e. The fraction of sp³-hybridized carbons (Fsp3) is 1.00. The highest BCUT2D eigenvalue weighted by atomic mass is 19.4. The second-order valence-electron chi connectivity index (χ2n) is 2.14. The Morgan fingerprint density at radius 3 is 1.15 bits per heavy atom. The first kappa shape index (κ1) is 12.4. The molecule has 0 fully saturated rings. The Kier molecular flexibility index (Phi) is 2.83. The number of hydrogen-bond acceptors (Lipinski definition) is 1. The van der Waals surface area contributed by atoms with Gasteiger partial charge in [-0.1, -0.05) is 0 Å². The van der Waals surface area contributed by atoms with Crippen LogP contribution in [0.2, 0.25) is 0 Å². The maximum absolute atomic E-state index is 11.9. The second-order valence-corrected chi connectivity index (χ2v) is 2.14. The van der Waals surface area contributed by atoms with Gasteiger partial charge < -0.3 is 5.73 Å². The summed E-state index contributed by atoms with van der Waals surface area (Å²) in [6.45, 7) is 0. The average molecular weight is 217 g/mol. The molecule has 0 aliphatic heterocycles. The lowest BCUT2D eigenvalue weighted by molar-refractivity contribution is -0.322. The molecule has 0 saturated carbocycles. The zero-order valence-electron chi connectivity index (χ0n) is 5.68. The van der Waals surface area contributed by atoms with E-state index in [-0.39, 0.29) is 0 Å². The first-order valence-electron chi connectivity index (χ1n) is 2.67. The zero-order chi connectivity index (χ0) is 11.1. The fourth-order valence-corrected chi connectivity index (χ4v) is 0.382. The van der Waals surface area contributed by atoms with Crippen LogP contribution in [0.1, 0.15) is 0 Å². The van der Waals surface area contributed by atoms with Gasteiger partial charge in [-0.05, 0) is 0 Å². The van der Waals surface area contributed by atoms with E-state index in [1.54, 1.807) is 0 Å². The Hall–Kier alpha value is -0.600. The first-order chi connectivity index (χ1) is 5.40. The third-order valence-electron chi connectivity index (χ3n) is 1.12. The summed E-state index contributed by atoms with van der Waals surface area (Å²) in [5, 5.41) is 0. The molecule has 0 rings (SSSR count). The van der Waals surface area contributed by atoms with Crippen LogP contribution < -0.4 is 5.73 Å². The van der Waals surface area contributed by atoms with Crippen LogP contribution in [0.15, 0.2) is 0 Å². The SMILES string of the molecule is N[C@H](C(F)(F)F)C(F)(F)C(F)(F)F. The maximum atomic E-state index is 11.9. The average Bonchev–Trinajstić information content (AvgIpc) is 1.81. The normalized spacial score (nSPS) is 17.3. The number of alkyl halides is 8. The summed E-state index contributed by atoms with van der Waals surface area (Å²) in [5.74, 6) is -5.97. The van der Waals surface area contributed by atoms with Gasteiger partial charge in [-0.15, -0.1) is 0 Å². The number of nitrogens with two attached hydrogens (primary N) is 1. The minimum absolute atomic E-state index is 3.72. The molecule has 0 aromatic heterocycles. The van der Waals surface area contributed by atoms with Crippen molar-refractivity contribution in [2.45, 2.75) is 24.3 Å². The molecule has 13 heavy (non-hydrogen) atoms. The van der Waals surface area contributed by atoms with Crippen LogP contribution in [-0.2, 0) is 0 Å². The number of rotatable bonds is 1. The Balaban J connectivity index is 4.86. The van der Waals surface area contributed by atoms with Gasteiger partial charge in [-0.3, -0.25) is 0 Å². The molecule has 0 heterocycles. The van der Waals surface area contributed by atoms with Crippen molar-refractivity contribution < 1.29 is 35.1 Å². The van der Waals surface area contributed by atoms with Crippen molar-refractivity contribution in [3.63, 3.8) is 0 Å². The fourth-order valence-electron chi connectivity index (χ4n) is 0.382. The Morgan fingerprint density at radius 1 is 0.769 bits per heavy atom. The van der Waals surface area contributed by atoms with E-state index in [1.165, 1.54) is 0 Å². The molecular weight excluding hydrogens is 214 g/mol. The van der Waals surface area contributed by atoms with Gasteiger partial charge in [0.1, 0.15) is 0 Å². The molecular formula is C4H3F8N. The van der Waals surface area contributed by atoms with Crippen molar-refractivity contribution >= 4 is 0 Å². The number of halogens is 8. The summed E-state index contributed by atoms with van der Waals surface area (Å²) in [5.41, 5.74) is 3.72. The van der Waals surface area contributed by atoms with Gasteiger partial charge in [-0.2, -0.15) is 35.1 Å². The summed E-state index contributed by atoms with van der Waals surface area (Å²) in [7, 11) is 0. The van der Waals surface area contributed by atoms with Crippen LogP contribution in [0.4, 0.5) is 35.1 Å². The highest BCUT2D eigenvalue weighted by Gasteiger charge is 2.68. The molecule has 0 spiro atoms. The minimum atomic E-state index is -6.30. The number of hydrogen-bond donors (Lipinski definition) is 1. The van der Waals surface area contributed by atoms with Crippen molar-refractivity contribution in [3.8, 4) is 0 Å². The molecule has 0 bridgehead atoms. The van der Waals surface area contributed by atoms with Crippen LogP contribution in [0.25, 0.3) is 0 Å². The molecule has 9 heteroatoms. The van der Waals surface area contributed by atoms with Crippen molar-refractivity contribution in [1.29, 1.82) is 0 Å². The third kappa shape index (κ3) is 2.42. The van der Waals surface area contributed by atoms with E-state index < -0.39 is 24.3 Å². The van der Waals surface area contributed by atoms with Crippen LogP contribution in [-0.4, -0.2) is 24.3 Å². The van der Waals surface area contributed by atoms with Crippen molar-refractivity contribution in [3.05, 3.63) is 0 Å². The van der Waals surface area contributed by atoms with Crippen LogP contribution in [0.3, 0.4) is 0 Å². The second kappa shape index (κ2) is 2.96. The molecule has 0 amide bonds. The van der Waals surface area contributed by atoms with E-state index in [1.807, 2.05) is 0 Å². The van der Waals surface area contributed by atoms with Crippen LogP contribution in [0.5, 0.6) is 0 Å². The molecule has 0 aromatic carbocycles. The van der Waals surface area contributed by atoms with E-state index in [2.05, 4.69) is 5.73 Å². The van der Waals surface area contributed by atoms with Gasteiger partial charge >= 0.3 is 18.3 Å². The Labute approximate surface area is 66.5 Å². The predicted octanol–water partition coefficient (Wildman–Crippen LogP) is 2.07. The smallest absolute Gasteiger partial charge is 0.315 e. The van der Waals surface area contributed by atoms with E-state index in [0.29, 0.717) is 0 Å². The van der Waals surface area contributed by atoms with E-state index in [0.717, 1.165) is 0 Å². The molecule has 80 valence electrons. The zero-order valence-corrected chi connectivity index (χ0v) is 5.68. The van der Waals surface area contributed by atoms with Crippen molar-refractivity contribution in [1.82, 2.24) is 0 Å². The third-order valence-corrected chi connectivity index (χ3v) is 1.12. The quantitative estimate of drug-likeness (QED) is 0.668. The molecule has 0 unspecified atom stereocenters. The molecule has 1 nitrogen and oxygen atoms in total. The van der Waals surface area contributed by atoms with Crippen LogP contribution in [0, 0.1) is 0 Å². The lowest BCUT2D eigenvalue weighted by Gasteiger charge is -2.26. The lowest BCUT2D eigenvalue weighted by atomic mass is 10.1. The Bertz CT molecular complexity index is 178. The molecule has 1 atom stereocenters. The molecule has 2 N–H and O–H groups in total. The lowest BCUT2D eigenvalue weighted by Crippen LogP contribution is -2.58. The van der Waals surface area contributed by atoms with Gasteiger partial charge in [0.15, 0.2) is 6.04 Å². The van der Waals surface area contributed by atoms with Crippen molar-refractivity contribution in [2.24, 2.45) is 5.73 Å². The summed E-state index contributed by atoms with van der Waals surface area (Å²) in [6.07, 6.45) is -12.1.